The molecule has 0 radical (unpaired) electrons. The van der Waals surface area contributed by atoms with Crippen molar-refractivity contribution in [2.45, 2.75) is 38.5 Å². The van der Waals surface area contributed by atoms with Crippen LogP contribution in [0, 0.1) is 5.92 Å². The van der Waals surface area contributed by atoms with Crippen molar-refractivity contribution in [3.05, 3.63) is 0 Å². The van der Waals surface area contributed by atoms with Gasteiger partial charge in [0.1, 0.15) is 0 Å². The second-order valence-corrected chi connectivity index (χ2v) is 3.49. The first kappa shape index (κ1) is 12.9. The van der Waals surface area contributed by atoms with Crippen LogP contribution in [0.3, 0.4) is 0 Å². The van der Waals surface area contributed by atoms with Crippen LogP contribution in [0.25, 0.3) is 0 Å². The highest BCUT2D eigenvalue weighted by Crippen LogP contribution is 2.13. The number of aliphatic hydroxyl groups is 3. The van der Waals surface area contributed by atoms with Crippen molar-refractivity contribution in [1.82, 2.24) is 0 Å². The lowest BCUT2D eigenvalue weighted by Crippen LogP contribution is -2.08. The van der Waals surface area contributed by atoms with E-state index in [2.05, 4.69) is 0 Å². The molecule has 0 aromatic carbocycles. The van der Waals surface area contributed by atoms with E-state index >= 15 is 0 Å². The predicted octanol–water partition coefficient (Wildman–Crippen LogP) is 0.920. The van der Waals surface area contributed by atoms with E-state index in [1.165, 1.54) is 0 Å². The van der Waals surface area contributed by atoms with Crippen LogP contribution in [0.1, 0.15) is 38.5 Å². The van der Waals surface area contributed by atoms with Crippen LogP contribution in [-0.2, 0) is 0 Å². The molecular weight excluding hydrogens is 168 g/mol. The van der Waals surface area contributed by atoms with E-state index < -0.39 is 0 Å². The maximum atomic E-state index is 8.91. The summed E-state index contributed by atoms with van der Waals surface area (Å²) >= 11 is 0. The van der Waals surface area contributed by atoms with Crippen LogP contribution >= 0.6 is 0 Å². The zero-order chi connectivity index (χ0) is 9.94. The molecule has 0 amide bonds. The highest BCUT2D eigenvalue weighted by molar-refractivity contribution is 4.57. The lowest BCUT2D eigenvalue weighted by Gasteiger charge is -2.11. The van der Waals surface area contributed by atoms with Gasteiger partial charge in [0.25, 0.3) is 0 Å². The number of unbranched alkanes of at least 4 members (excludes halogenated alkanes) is 3. The molecule has 0 aromatic rings. The number of aliphatic hydroxyl groups excluding tert-OH is 3. The summed E-state index contributed by atoms with van der Waals surface area (Å²) in [4.78, 5) is 0. The second kappa shape index (κ2) is 9.96. The van der Waals surface area contributed by atoms with E-state index in [9.17, 15) is 0 Å². The Kier molecular flexibility index (Phi) is 9.87. The van der Waals surface area contributed by atoms with Crippen molar-refractivity contribution in [2.24, 2.45) is 5.92 Å². The molecule has 80 valence electrons. The fraction of sp³-hybridized carbons (Fsp3) is 1.00. The molecule has 3 nitrogen and oxygen atoms in total. The molecule has 0 aliphatic carbocycles. The zero-order valence-corrected chi connectivity index (χ0v) is 8.28. The van der Waals surface area contributed by atoms with E-state index in [0.717, 1.165) is 32.1 Å². The van der Waals surface area contributed by atoms with Crippen molar-refractivity contribution in [1.29, 1.82) is 0 Å². The third-order valence-electron chi connectivity index (χ3n) is 2.32. The van der Waals surface area contributed by atoms with Gasteiger partial charge in [0.15, 0.2) is 0 Å². The van der Waals surface area contributed by atoms with Crippen molar-refractivity contribution in [3.8, 4) is 0 Å². The third-order valence-corrected chi connectivity index (χ3v) is 2.32. The van der Waals surface area contributed by atoms with E-state index in [0.29, 0.717) is 6.42 Å². The van der Waals surface area contributed by atoms with Crippen molar-refractivity contribution in [2.75, 3.05) is 19.8 Å². The Morgan fingerprint density at radius 3 is 1.92 bits per heavy atom. The molecule has 0 fully saturated rings. The Morgan fingerprint density at radius 1 is 0.692 bits per heavy atom. The molecule has 0 aromatic heterocycles. The van der Waals surface area contributed by atoms with Crippen LogP contribution in [0.15, 0.2) is 0 Å². The molecule has 0 aliphatic rings. The van der Waals surface area contributed by atoms with Gasteiger partial charge < -0.3 is 15.3 Å². The molecule has 0 heterocycles. The van der Waals surface area contributed by atoms with Crippen molar-refractivity contribution in [3.63, 3.8) is 0 Å². The first-order valence-corrected chi connectivity index (χ1v) is 5.17. The number of rotatable bonds is 9. The smallest absolute Gasteiger partial charge is 0.0460 e. The van der Waals surface area contributed by atoms with Crippen LogP contribution in [-0.4, -0.2) is 35.1 Å². The molecule has 0 bridgehead atoms. The van der Waals surface area contributed by atoms with Gasteiger partial charge in [-0.2, -0.15) is 0 Å². The third kappa shape index (κ3) is 8.22. The van der Waals surface area contributed by atoms with Gasteiger partial charge in [-0.05, 0) is 25.2 Å². The molecule has 0 rings (SSSR count). The number of hydrogen-bond donors (Lipinski definition) is 3. The molecule has 0 spiro atoms. The first-order valence-electron chi connectivity index (χ1n) is 5.17. The van der Waals surface area contributed by atoms with Crippen molar-refractivity contribution >= 4 is 0 Å². The minimum Gasteiger partial charge on any atom is -0.396 e. The lowest BCUT2D eigenvalue weighted by molar-refractivity contribution is 0.174. The van der Waals surface area contributed by atoms with E-state index in [4.69, 9.17) is 15.3 Å². The lowest BCUT2D eigenvalue weighted by atomic mass is 9.99. The van der Waals surface area contributed by atoms with Gasteiger partial charge in [0, 0.05) is 19.8 Å². The van der Waals surface area contributed by atoms with Crippen LogP contribution in [0.2, 0.25) is 0 Å². The van der Waals surface area contributed by atoms with Gasteiger partial charge in [0.2, 0.25) is 0 Å². The van der Waals surface area contributed by atoms with Gasteiger partial charge in [-0.25, -0.2) is 0 Å². The Bertz CT molecular complexity index is 96.2. The summed E-state index contributed by atoms with van der Waals surface area (Å²) in [7, 11) is 0. The summed E-state index contributed by atoms with van der Waals surface area (Å²) in [6.07, 6.45) is 5.84. The standard InChI is InChI=1S/C10H22O3/c11-7-4-2-1-3-5-10(9-13)6-8-12/h10-13H,1-9H2. The summed E-state index contributed by atoms with van der Waals surface area (Å²) < 4.78 is 0. The Morgan fingerprint density at radius 2 is 1.38 bits per heavy atom. The fourth-order valence-corrected chi connectivity index (χ4v) is 1.41. The maximum Gasteiger partial charge on any atom is 0.0460 e. The van der Waals surface area contributed by atoms with Gasteiger partial charge >= 0.3 is 0 Å². The summed E-state index contributed by atoms with van der Waals surface area (Å²) in [6, 6.07) is 0. The normalized spacial score (nSPS) is 13.2. The zero-order valence-electron chi connectivity index (χ0n) is 8.28. The van der Waals surface area contributed by atoms with Crippen LogP contribution in [0.4, 0.5) is 0 Å². The summed E-state index contributed by atoms with van der Waals surface area (Å²) in [6.45, 7) is 0.627. The predicted molar refractivity (Wildman–Crippen MR) is 52.4 cm³/mol. The highest BCUT2D eigenvalue weighted by atomic mass is 16.3. The van der Waals surface area contributed by atoms with Crippen LogP contribution < -0.4 is 0 Å². The van der Waals surface area contributed by atoms with E-state index in [1.807, 2.05) is 0 Å². The van der Waals surface area contributed by atoms with E-state index in [-0.39, 0.29) is 25.7 Å². The highest BCUT2D eigenvalue weighted by Gasteiger charge is 2.05. The summed E-state index contributed by atoms with van der Waals surface area (Å²) in [5.74, 6) is 0.263. The molecule has 0 saturated heterocycles. The van der Waals surface area contributed by atoms with Crippen molar-refractivity contribution < 1.29 is 15.3 Å². The minimum atomic E-state index is 0.169. The van der Waals surface area contributed by atoms with Gasteiger partial charge in [-0.1, -0.05) is 19.3 Å². The number of hydrogen-bond acceptors (Lipinski definition) is 3. The molecule has 0 saturated carbocycles. The molecule has 3 heteroatoms. The molecule has 1 atom stereocenters. The monoisotopic (exact) mass is 190 g/mol. The second-order valence-electron chi connectivity index (χ2n) is 3.49. The maximum absolute atomic E-state index is 8.91. The summed E-state index contributed by atoms with van der Waals surface area (Å²) in [5, 5.41) is 26.1. The molecular formula is C10H22O3. The molecule has 0 aliphatic heterocycles. The largest absolute Gasteiger partial charge is 0.396 e. The fourth-order valence-electron chi connectivity index (χ4n) is 1.41. The SMILES string of the molecule is OCCCCCCC(CO)CCO. The quantitative estimate of drug-likeness (QED) is 0.474. The topological polar surface area (TPSA) is 60.7 Å². The minimum absolute atomic E-state index is 0.169. The molecule has 3 N–H and O–H groups in total. The average molecular weight is 190 g/mol. The first-order chi connectivity index (χ1) is 6.35. The van der Waals surface area contributed by atoms with E-state index in [1.54, 1.807) is 0 Å². The molecule has 1 unspecified atom stereocenters. The summed E-state index contributed by atoms with van der Waals surface area (Å²) in [5.41, 5.74) is 0. The van der Waals surface area contributed by atoms with Crippen LogP contribution in [0.5, 0.6) is 0 Å². The Labute approximate surface area is 80.4 Å². The van der Waals surface area contributed by atoms with Gasteiger partial charge in [-0.15, -0.1) is 0 Å². The molecule has 13 heavy (non-hydrogen) atoms. The average Bonchev–Trinajstić information content (AvgIpc) is 2.16. The van der Waals surface area contributed by atoms with Gasteiger partial charge in [-0.3, -0.25) is 0 Å². The van der Waals surface area contributed by atoms with Gasteiger partial charge in [0.05, 0.1) is 0 Å². The Balaban J connectivity index is 3.17. The Hall–Kier alpha value is -0.120.